The molecule has 0 saturated carbocycles. The van der Waals surface area contributed by atoms with Gasteiger partial charge in [0.1, 0.15) is 0 Å². The lowest BCUT2D eigenvalue weighted by molar-refractivity contribution is -0.382. The van der Waals surface area contributed by atoms with Crippen LogP contribution in [0.1, 0.15) is 12.8 Å². The largest absolute Gasteiger partial charge is 0.460 e. The minimum absolute atomic E-state index is 0.386. The molecule has 0 amide bonds. The summed E-state index contributed by atoms with van der Waals surface area (Å²) in [6.07, 6.45) is -4.60. The molecule has 1 heterocycles. The van der Waals surface area contributed by atoms with Crippen molar-refractivity contribution in [2.75, 3.05) is 16.7 Å². The Morgan fingerprint density at radius 1 is 0.935 bits per heavy atom. The number of anilines is 2. The quantitative estimate of drug-likeness (QED) is 0.324. The van der Waals surface area contributed by atoms with Crippen LogP contribution in [0, 0.1) is 0 Å². The molecule has 1 aliphatic heterocycles. The maximum atomic E-state index is 13.8. The number of sulfonamides is 1. The molecule has 0 unspecified atom stereocenters. The van der Waals surface area contributed by atoms with Gasteiger partial charge in [-0.3, -0.25) is 15.1 Å². The molecule has 174 valence electrons. The van der Waals surface area contributed by atoms with Crippen LogP contribution in [-0.4, -0.2) is 50.2 Å². The number of hydrazone groups is 1. The second-order valence-electron chi connectivity index (χ2n) is 6.16. The van der Waals surface area contributed by atoms with Crippen molar-refractivity contribution in [2.45, 2.75) is 36.1 Å². The highest BCUT2D eigenvalue weighted by atomic mass is 32.2. The molecule has 0 radical (unpaired) electrons. The Labute approximate surface area is 169 Å². The normalized spacial score (nSPS) is 16.5. The van der Waals surface area contributed by atoms with Gasteiger partial charge in [-0.1, -0.05) is 12.1 Å². The van der Waals surface area contributed by atoms with Crippen LogP contribution >= 0.6 is 0 Å². The van der Waals surface area contributed by atoms with Gasteiger partial charge in [0.25, 0.3) is 0 Å². The van der Waals surface area contributed by atoms with Gasteiger partial charge in [0.05, 0.1) is 23.3 Å². The second kappa shape index (κ2) is 8.20. The highest BCUT2D eigenvalue weighted by molar-refractivity contribution is 7.93. The fraction of sp³-hybridized carbons (Fsp3) is 0.467. The van der Waals surface area contributed by atoms with E-state index in [9.17, 15) is 47.9 Å². The standard InChI is InChI=1S/C15H13F9N4O2S/c16-12(17,14(20,21)22)13(18,19)15(23,24)31(29,30)28-11-6-2-1-5-10(11)27-26-8-9-4-3-7-25-9/h1-2,5-6,8,27-28H,3-4,7H2/b26-8+. The number of alkyl halides is 9. The zero-order valence-electron chi connectivity index (χ0n) is 15.0. The zero-order chi connectivity index (χ0) is 23.7. The van der Waals surface area contributed by atoms with Crippen molar-refractivity contribution in [3.8, 4) is 0 Å². The summed E-state index contributed by atoms with van der Waals surface area (Å²) < 4.78 is 142. The number of benzene rings is 1. The third kappa shape index (κ3) is 4.57. The predicted octanol–water partition coefficient (Wildman–Crippen LogP) is 4.49. The van der Waals surface area contributed by atoms with Crippen LogP contribution in [0.15, 0.2) is 34.4 Å². The number of hydrogen-bond acceptors (Lipinski definition) is 5. The maximum absolute atomic E-state index is 13.8. The van der Waals surface area contributed by atoms with Crippen molar-refractivity contribution < 1.29 is 47.9 Å². The number of aliphatic imine (C=N–C) groups is 1. The van der Waals surface area contributed by atoms with Crippen molar-refractivity contribution in [3.05, 3.63) is 24.3 Å². The Balaban J connectivity index is 2.33. The maximum Gasteiger partial charge on any atom is 0.460 e. The molecule has 1 aliphatic rings. The van der Waals surface area contributed by atoms with Crippen molar-refractivity contribution in [1.29, 1.82) is 0 Å². The fourth-order valence-corrected chi connectivity index (χ4v) is 3.31. The molecule has 0 atom stereocenters. The summed E-state index contributed by atoms with van der Waals surface area (Å²) in [6.45, 7) is 0.545. The van der Waals surface area contributed by atoms with Gasteiger partial charge in [0.15, 0.2) is 0 Å². The highest BCUT2D eigenvalue weighted by Crippen LogP contribution is 2.54. The smallest absolute Gasteiger partial charge is 0.288 e. The van der Waals surface area contributed by atoms with Crippen molar-refractivity contribution in [2.24, 2.45) is 10.1 Å². The van der Waals surface area contributed by atoms with Gasteiger partial charge in [0, 0.05) is 6.54 Å². The van der Waals surface area contributed by atoms with Crippen LogP contribution in [-0.2, 0) is 10.0 Å². The van der Waals surface area contributed by atoms with Gasteiger partial charge < -0.3 is 0 Å². The van der Waals surface area contributed by atoms with E-state index in [1.807, 2.05) is 0 Å². The molecule has 16 heteroatoms. The Morgan fingerprint density at radius 2 is 1.52 bits per heavy atom. The SMILES string of the molecule is O=S(=O)(Nc1ccccc1N/N=C/C1=NCCC1)C(F)(F)C(F)(F)C(F)(F)C(F)(F)F. The van der Waals surface area contributed by atoms with Gasteiger partial charge >= 0.3 is 33.3 Å². The Kier molecular flexibility index (Phi) is 6.54. The van der Waals surface area contributed by atoms with Crippen molar-refractivity contribution >= 4 is 33.3 Å². The molecule has 1 aromatic rings. The first-order chi connectivity index (χ1) is 14.0. The van der Waals surface area contributed by atoms with Crippen LogP contribution < -0.4 is 10.1 Å². The summed E-state index contributed by atoms with van der Waals surface area (Å²) in [6, 6.07) is 4.10. The number of halogens is 9. The van der Waals surface area contributed by atoms with Gasteiger partial charge in [0.2, 0.25) is 0 Å². The molecule has 2 rings (SSSR count). The lowest BCUT2D eigenvalue weighted by Crippen LogP contribution is -2.64. The van der Waals surface area contributed by atoms with Crippen LogP contribution in [0.5, 0.6) is 0 Å². The molecule has 31 heavy (non-hydrogen) atoms. The average molecular weight is 484 g/mol. The summed E-state index contributed by atoms with van der Waals surface area (Å²) in [5.74, 6) is -14.7. The first-order valence-corrected chi connectivity index (χ1v) is 9.67. The monoisotopic (exact) mass is 484 g/mol. The van der Waals surface area contributed by atoms with E-state index in [0.29, 0.717) is 18.7 Å². The summed E-state index contributed by atoms with van der Waals surface area (Å²) in [5, 5.41) is -3.20. The molecule has 0 fully saturated rings. The van der Waals surface area contributed by atoms with Crippen LogP contribution in [0.25, 0.3) is 0 Å². The van der Waals surface area contributed by atoms with E-state index in [0.717, 1.165) is 29.3 Å². The minimum Gasteiger partial charge on any atom is -0.288 e. The van der Waals surface area contributed by atoms with E-state index in [1.165, 1.54) is 12.3 Å². The van der Waals surface area contributed by atoms with E-state index in [1.54, 1.807) is 0 Å². The molecule has 0 saturated heterocycles. The van der Waals surface area contributed by atoms with Crippen molar-refractivity contribution in [3.63, 3.8) is 0 Å². The first-order valence-electron chi connectivity index (χ1n) is 8.18. The summed E-state index contributed by atoms with van der Waals surface area (Å²) in [5.41, 5.74) is 1.51. The molecule has 0 spiro atoms. The molecule has 6 nitrogen and oxygen atoms in total. The van der Waals surface area contributed by atoms with E-state index >= 15 is 0 Å². The van der Waals surface area contributed by atoms with E-state index in [-0.39, 0.29) is 5.69 Å². The molecule has 1 aromatic carbocycles. The molecule has 0 aromatic heterocycles. The third-order valence-corrected chi connectivity index (χ3v) is 5.35. The molecule has 2 N–H and O–H groups in total. The predicted molar refractivity (Wildman–Crippen MR) is 93.5 cm³/mol. The van der Waals surface area contributed by atoms with Gasteiger partial charge in [-0.2, -0.15) is 53.0 Å². The van der Waals surface area contributed by atoms with Gasteiger partial charge in [-0.15, -0.1) is 0 Å². The summed E-state index contributed by atoms with van der Waals surface area (Å²) >= 11 is 0. The fourth-order valence-electron chi connectivity index (χ4n) is 2.25. The number of para-hydroxylation sites is 2. The van der Waals surface area contributed by atoms with Gasteiger partial charge in [-0.05, 0) is 25.0 Å². The van der Waals surface area contributed by atoms with Crippen LogP contribution in [0.2, 0.25) is 0 Å². The average Bonchev–Trinajstić information content (AvgIpc) is 3.15. The number of nitrogens with one attached hydrogen (secondary N) is 2. The topological polar surface area (TPSA) is 82.9 Å². The van der Waals surface area contributed by atoms with E-state index in [2.05, 4.69) is 15.5 Å². The number of nitrogens with zero attached hydrogens (tertiary/aromatic N) is 2. The molecular weight excluding hydrogens is 471 g/mol. The van der Waals surface area contributed by atoms with E-state index < -0.39 is 39.0 Å². The Morgan fingerprint density at radius 3 is 2.03 bits per heavy atom. The zero-order valence-corrected chi connectivity index (χ0v) is 15.8. The lowest BCUT2D eigenvalue weighted by atomic mass is 10.1. The third-order valence-electron chi connectivity index (χ3n) is 3.93. The van der Waals surface area contributed by atoms with E-state index in [4.69, 9.17) is 0 Å². The second-order valence-corrected chi connectivity index (χ2v) is 7.88. The van der Waals surface area contributed by atoms with Gasteiger partial charge in [-0.25, -0.2) is 0 Å². The van der Waals surface area contributed by atoms with Crippen molar-refractivity contribution in [1.82, 2.24) is 0 Å². The number of hydrogen-bond donors (Lipinski definition) is 2. The van der Waals surface area contributed by atoms with Crippen LogP contribution in [0.4, 0.5) is 50.9 Å². The minimum atomic E-state index is -7.34. The first kappa shape index (κ1) is 24.7. The highest BCUT2D eigenvalue weighted by Gasteiger charge is 2.85. The Bertz CT molecular complexity index is 975. The summed E-state index contributed by atoms with van der Waals surface area (Å²) in [7, 11) is -6.81. The summed E-state index contributed by atoms with van der Waals surface area (Å²) in [4.78, 5) is 4.02. The van der Waals surface area contributed by atoms with Crippen LogP contribution in [0.3, 0.4) is 0 Å². The Hall–Kier alpha value is -2.52. The molecule has 0 aliphatic carbocycles. The number of rotatable bonds is 8. The molecule has 0 bridgehead atoms. The molecular formula is C15H13F9N4O2S. The lowest BCUT2D eigenvalue weighted by Gasteiger charge is -2.33.